The van der Waals surface area contributed by atoms with E-state index in [9.17, 15) is 0 Å². The van der Waals surface area contributed by atoms with Crippen molar-refractivity contribution in [2.24, 2.45) is 0 Å². The largest absolute Gasteiger partial charge is 0.497 e. The number of nitrogens with zero attached hydrogens (tertiary/aromatic N) is 2. The highest BCUT2D eigenvalue weighted by molar-refractivity contribution is 5.50. The van der Waals surface area contributed by atoms with Gasteiger partial charge in [0.15, 0.2) is 0 Å². The Kier molecular flexibility index (Phi) is 4.16. The van der Waals surface area contributed by atoms with E-state index in [0.29, 0.717) is 6.04 Å². The molecule has 2 heterocycles. The molecule has 2 saturated heterocycles. The van der Waals surface area contributed by atoms with Crippen molar-refractivity contribution < 1.29 is 4.74 Å². The molecule has 0 spiro atoms. The van der Waals surface area contributed by atoms with Crippen LogP contribution in [0.1, 0.15) is 32.6 Å². The third-order valence-electron chi connectivity index (χ3n) is 4.92. The summed E-state index contributed by atoms with van der Waals surface area (Å²) in [5.74, 6) is 0.943. The fraction of sp³-hybridized carbons (Fsp3) is 0.647. The van der Waals surface area contributed by atoms with Crippen LogP contribution < -0.4 is 9.64 Å². The van der Waals surface area contributed by atoms with Gasteiger partial charge in [-0.05, 0) is 50.1 Å². The van der Waals surface area contributed by atoms with Crippen LogP contribution in [0.15, 0.2) is 24.3 Å². The summed E-state index contributed by atoms with van der Waals surface area (Å²) in [7, 11) is 1.73. The molecule has 2 fully saturated rings. The number of piperazine rings is 1. The van der Waals surface area contributed by atoms with Crippen molar-refractivity contribution in [1.29, 1.82) is 0 Å². The predicted molar refractivity (Wildman–Crippen MR) is 83.6 cm³/mol. The van der Waals surface area contributed by atoms with Crippen LogP contribution in [0.2, 0.25) is 0 Å². The standard InChI is InChI=1S/C17H26N2O/c1-3-14-12-18-11-5-4-6-16(18)13-19(14)15-7-9-17(20-2)10-8-15/h7-10,14,16H,3-6,11-13H2,1-2H3. The van der Waals surface area contributed by atoms with E-state index < -0.39 is 0 Å². The van der Waals surface area contributed by atoms with Crippen molar-refractivity contribution in [3.8, 4) is 5.75 Å². The van der Waals surface area contributed by atoms with Gasteiger partial charge in [-0.25, -0.2) is 0 Å². The van der Waals surface area contributed by atoms with Crippen molar-refractivity contribution in [2.75, 3.05) is 31.6 Å². The molecule has 2 aliphatic rings. The molecule has 2 unspecified atom stereocenters. The van der Waals surface area contributed by atoms with Gasteiger partial charge in [0.05, 0.1) is 7.11 Å². The summed E-state index contributed by atoms with van der Waals surface area (Å²) in [5.41, 5.74) is 1.35. The minimum Gasteiger partial charge on any atom is -0.497 e. The van der Waals surface area contributed by atoms with E-state index in [1.54, 1.807) is 7.11 Å². The van der Waals surface area contributed by atoms with E-state index in [2.05, 4.69) is 41.0 Å². The van der Waals surface area contributed by atoms with Crippen LogP contribution in [0.25, 0.3) is 0 Å². The molecule has 20 heavy (non-hydrogen) atoms. The Morgan fingerprint density at radius 1 is 1.15 bits per heavy atom. The van der Waals surface area contributed by atoms with Crippen LogP contribution in [-0.4, -0.2) is 43.7 Å². The molecule has 3 heteroatoms. The summed E-state index contributed by atoms with van der Waals surface area (Å²) >= 11 is 0. The van der Waals surface area contributed by atoms with Gasteiger partial charge in [-0.2, -0.15) is 0 Å². The van der Waals surface area contributed by atoms with Gasteiger partial charge in [-0.15, -0.1) is 0 Å². The highest BCUT2D eigenvalue weighted by atomic mass is 16.5. The lowest BCUT2D eigenvalue weighted by Gasteiger charge is -2.49. The normalized spacial score (nSPS) is 27.2. The maximum Gasteiger partial charge on any atom is 0.119 e. The number of methoxy groups -OCH3 is 1. The molecular formula is C17H26N2O. The smallest absolute Gasteiger partial charge is 0.119 e. The molecule has 3 rings (SSSR count). The fourth-order valence-corrected chi connectivity index (χ4v) is 3.69. The quantitative estimate of drug-likeness (QED) is 0.842. The maximum absolute atomic E-state index is 5.27. The zero-order valence-corrected chi connectivity index (χ0v) is 12.7. The minimum atomic E-state index is 0.651. The van der Waals surface area contributed by atoms with Gasteiger partial charge in [0, 0.05) is 30.9 Å². The van der Waals surface area contributed by atoms with E-state index in [4.69, 9.17) is 4.74 Å². The van der Waals surface area contributed by atoms with Gasteiger partial charge in [0.25, 0.3) is 0 Å². The van der Waals surface area contributed by atoms with Gasteiger partial charge < -0.3 is 9.64 Å². The molecule has 0 aromatic heterocycles. The third kappa shape index (κ3) is 2.64. The Balaban J connectivity index is 1.78. The first-order valence-electron chi connectivity index (χ1n) is 7.96. The number of hydrogen-bond acceptors (Lipinski definition) is 3. The molecular weight excluding hydrogens is 248 g/mol. The molecule has 2 aliphatic heterocycles. The van der Waals surface area contributed by atoms with Gasteiger partial charge in [0.2, 0.25) is 0 Å². The molecule has 2 atom stereocenters. The summed E-state index contributed by atoms with van der Waals surface area (Å²) in [6.07, 6.45) is 5.36. The summed E-state index contributed by atoms with van der Waals surface area (Å²) in [4.78, 5) is 5.34. The Hall–Kier alpha value is -1.22. The summed E-state index contributed by atoms with van der Waals surface area (Å²) < 4.78 is 5.27. The van der Waals surface area contributed by atoms with Gasteiger partial charge in [0.1, 0.15) is 5.75 Å². The lowest BCUT2D eigenvalue weighted by Crippen LogP contribution is -2.59. The van der Waals surface area contributed by atoms with Gasteiger partial charge >= 0.3 is 0 Å². The average molecular weight is 274 g/mol. The molecule has 110 valence electrons. The first kappa shape index (κ1) is 13.7. The van der Waals surface area contributed by atoms with E-state index in [1.807, 2.05) is 0 Å². The lowest BCUT2D eigenvalue weighted by molar-refractivity contribution is 0.111. The third-order valence-corrected chi connectivity index (χ3v) is 4.92. The first-order valence-corrected chi connectivity index (χ1v) is 7.96. The zero-order chi connectivity index (χ0) is 13.9. The summed E-state index contributed by atoms with van der Waals surface area (Å²) in [6.45, 7) is 6.03. The highest BCUT2D eigenvalue weighted by Gasteiger charge is 2.34. The van der Waals surface area contributed by atoms with Crippen molar-refractivity contribution in [1.82, 2.24) is 4.90 Å². The molecule has 0 saturated carbocycles. The Morgan fingerprint density at radius 2 is 1.95 bits per heavy atom. The average Bonchev–Trinajstić information content (AvgIpc) is 2.53. The molecule has 0 bridgehead atoms. The van der Waals surface area contributed by atoms with Crippen molar-refractivity contribution >= 4 is 5.69 Å². The number of fused-ring (bicyclic) bond motifs is 1. The van der Waals surface area contributed by atoms with Crippen LogP contribution in [0.5, 0.6) is 5.75 Å². The van der Waals surface area contributed by atoms with Gasteiger partial charge in [-0.1, -0.05) is 13.3 Å². The number of ether oxygens (including phenoxy) is 1. The molecule has 0 amide bonds. The van der Waals surface area contributed by atoms with Crippen LogP contribution in [-0.2, 0) is 0 Å². The van der Waals surface area contributed by atoms with Crippen LogP contribution in [0.4, 0.5) is 5.69 Å². The molecule has 0 N–H and O–H groups in total. The molecule has 0 aliphatic carbocycles. The minimum absolute atomic E-state index is 0.651. The number of hydrogen-bond donors (Lipinski definition) is 0. The summed E-state index contributed by atoms with van der Waals surface area (Å²) in [6, 6.07) is 9.98. The number of anilines is 1. The van der Waals surface area contributed by atoms with Crippen LogP contribution in [0, 0.1) is 0 Å². The van der Waals surface area contributed by atoms with Crippen LogP contribution in [0.3, 0.4) is 0 Å². The zero-order valence-electron chi connectivity index (χ0n) is 12.7. The number of piperidine rings is 1. The lowest BCUT2D eigenvalue weighted by atomic mass is 9.95. The van der Waals surface area contributed by atoms with E-state index in [0.717, 1.165) is 11.8 Å². The second-order valence-corrected chi connectivity index (χ2v) is 6.06. The summed E-state index contributed by atoms with van der Waals surface area (Å²) in [5, 5.41) is 0. The monoisotopic (exact) mass is 274 g/mol. The number of rotatable bonds is 3. The topological polar surface area (TPSA) is 15.7 Å². The molecule has 1 aromatic carbocycles. The second-order valence-electron chi connectivity index (χ2n) is 6.06. The highest BCUT2D eigenvalue weighted by Crippen LogP contribution is 2.30. The van der Waals surface area contributed by atoms with Crippen molar-refractivity contribution in [3.63, 3.8) is 0 Å². The fourth-order valence-electron chi connectivity index (χ4n) is 3.69. The molecule has 3 nitrogen and oxygen atoms in total. The Morgan fingerprint density at radius 3 is 2.65 bits per heavy atom. The molecule has 0 radical (unpaired) electrons. The van der Waals surface area contributed by atoms with Crippen molar-refractivity contribution in [3.05, 3.63) is 24.3 Å². The van der Waals surface area contributed by atoms with Gasteiger partial charge in [-0.3, -0.25) is 4.90 Å². The SMILES string of the molecule is CCC1CN2CCCCC2CN1c1ccc(OC)cc1. The predicted octanol–water partition coefficient (Wildman–Crippen LogP) is 3.15. The maximum atomic E-state index is 5.27. The van der Waals surface area contributed by atoms with E-state index in [1.165, 1.54) is 51.0 Å². The number of benzene rings is 1. The first-order chi connectivity index (χ1) is 9.81. The Labute approximate surface area is 122 Å². The Bertz CT molecular complexity index is 431. The van der Waals surface area contributed by atoms with Crippen molar-refractivity contribution in [2.45, 2.75) is 44.7 Å². The second kappa shape index (κ2) is 6.04. The van der Waals surface area contributed by atoms with E-state index in [-0.39, 0.29) is 0 Å². The van der Waals surface area contributed by atoms with Crippen LogP contribution >= 0.6 is 0 Å². The molecule has 1 aromatic rings. The van der Waals surface area contributed by atoms with E-state index >= 15 is 0 Å².